The fourth-order valence-corrected chi connectivity index (χ4v) is 2.87. The smallest absolute Gasteiger partial charge is 0.317 e. The molecule has 0 spiro atoms. The lowest BCUT2D eigenvalue weighted by molar-refractivity contribution is -0.139. The molecule has 1 atom stereocenters. The average molecular weight is 315 g/mol. The van der Waals surface area contributed by atoms with Crippen LogP contribution in [0.25, 0.3) is 0 Å². The lowest BCUT2D eigenvalue weighted by Crippen LogP contribution is -2.49. The molecule has 1 heterocycles. The summed E-state index contributed by atoms with van der Waals surface area (Å²) in [5, 5.41) is 9.19. The minimum absolute atomic E-state index is 0.0444. The third-order valence-electron chi connectivity index (χ3n) is 4.23. The van der Waals surface area contributed by atoms with Crippen molar-refractivity contribution in [2.24, 2.45) is 5.92 Å². The molecule has 1 fully saturated rings. The Balaban J connectivity index is 2.88. The summed E-state index contributed by atoms with van der Waals surface area (Å²) in [5.74, 6) is -0.477. The molecule has 1 saturated heterocycles. The molecular formula is C15H29N3O4. The molecule has 128 valence electrons. The zero-order valence-electron chi connectivity index (χ0n) is 13.9. The lowest BCUT2D eigenvalue weighted by atomic mass is 10.0. The third-order valence-corrected chi connectivity index (χ3v) is 4.23. The normalized spacial score (nSPS) is 22.8. The van der Waals surface area contributed by atoms with Crippen LogP contribution in [0.15, 0.2) is 0 Å². The number of hydrogen-bond donors (Lipinski definition) is 1. The molecular weight excluding hydrogens is 286 g/mol. The maximum Gasteiger partial charge on any atom is 0.317 e. The van der Waals surface area contributed by atoms with Crippen molar-refractivity contribution in [2.75, 3.05) is 52.5 Å². The van der Waals surface area contributed by atoms with Gasteiger partial charge in [0.05, 0.1) is 6.54 Å². The first kappa shape index (κ1) is 18.9. The van der Waals surface area contributed by atoms with Crippen molar-refractivity contribution in [1.29, 1.82) is 0 Å². The Morgan fingerprint density at radius 1 is 1.27 bits per heavy atom. The number of nitrogens with zero attached hydrogens (tertiary/aromatic N) is 3. The predicted molar refractivity (Wildman–Crippen MR) is 83.5 cm³/mol. The van der Waals surface area contributed by atoms with Gasteiger partial charge in [0, 0.05) is 38.8 Å². The lowest BCUT2D eigenvalue weighted by Gasteiger charge is -2.35. The Bertz CT molecular complexity index is 352. The summed E-state index contributed by atoms with van der Waals surface area (Å²) in [6, 6.07) is 0.128. The molecule has 1 aliphatic rings. The summed E-state index contributed by atoms with van der Waals surface area (Å²) in [6.07, 6.45) is 0. The molecule has 0 amide bonds. The van der Waals surface area contributed by atoms with Crippen molar-refractivity contribution >= 4 is 12.4 Å². The molecule has 7 nitrogen and oxygen atoms in total. The van der Waals surface area contributed by atoms with Crippen LogP contribution in [0.1, 0.15) is 20.8 Å². The van der Waals surface area contributed by atoms with E-state index in [0.717, 1.165) is 32.7 Å². The van der Waals surface area contributed by atoms with E-state index in [1.54, 1.807) is 0 Å². The number of carbonyl (C=O) groups excluding carboxylic acids is 1. The molecule has 0 saturated carbocycles. The second-order valence-corrected chi connectivity index (χ2v) is 6.08. The van der Waals surface area contributed by atoms with Gasteiger partial charge in [0.2, 0.25) is 0 Å². The zero-order valence-corrected chi connectivity index (χ0v) is 13.9. The van der Waals surface area contributed by atoms with Crippen molar-refractivity contribution in [2.45, 2.75) is 26.8 Å². The molecule has 22 heavy (non-hydrogen) atoms. The number of carboxylic acids is 1. The van der Waals surface area contributed by atoms with E-state index in [0.29, 0.717) is 18.9 Å². The summed E-state index contributed by atoms with van der Waals surface area (Å²) in [5.41, 5.74) is 0. The monoisotopic (exact) mass is 315 g/mol. The van der Waals surface area contributed by atoms with Crippen LogP contribution in [-0.2, 0) is 14.3 Å². The summed E-state index contributed by atoms with van der Waals surface area (Å²) >= 11 is 0. The van der Waals surface area contributed by atoms with Crippen LogP contribution in [0.3, 0.4) is 0 Å². The van der Waals surface area contributed by atoms with Gasteiger partial charge in [-0.15, -0.1) is 0 Å². The minimum atomic E-state index is -0.802. The molecule has 0 aromatic heterocycles. The summed E-state index contributed by atoms with van der Waals surface area (Å²) in [7, 11) is 0. The second-order valence-electron chi connectivity index (χ2n) is 6.08. The molecule has 0 bridgehead atoms. The van der Waals surface area contributed by atoms with E-state index in [9.17, 15) is 14.7 Å². The largest absolute Gasteiger partial charge is 0.480 e. The number of carboxylic acid groups (broad SMARTS) is 1. The fourth-order valence-electron chi connectivity index (χ4n) is 2.87. The maximum atomic E-state index is 11.2. The molecule has 0 aromatic rings. The van der Waals surface area contributed by atoms with Crippen molar-refractivity contribution < 1.29 is 19.4 Å². The average Bonchev–Trinajstić information content (AvgIpc) is 2.54. The van der Waals surface area contributed by atoms with Gasteiger partial charge < -0.3 is 14.7 Å². The van der Waals surface area contributed by atoms with Crippen molar-refractivity contribution in [3.8, 4) is 0 Å². The van der Waals surface area contributed by atoms with Gasteiger partial charge in [-0.1, -0.05) is 20.8 Å². The van der Waals surface area contributed by atoms with E-state index in [1.807, 2.05) is 4.90 Å². The first-order chi connectivity index (χ1) is 10.5. The van der Waals surface area contributed by atoms with Gasteiger partial charge in [-0.2, -0.15) is 0 Å². The van der Waals surface area contributed by atoms with Gasteiger partial charge in [0.15, 0.2) is 0 Å². The number of ether oxygens (including phenoxy) is 1. The van der Waals surface area contributed by atoms with Crippen LogP contribution >= 0.6 is 0 Å². The molecule has 0 aliphatic carbocycles. The van der Waals surface area contributed by atoms with Gasteiger partial charge in [-0.3, -0.25) is 19.4 Å². The minimum Gasteiger partial charge on any atom is -0.480 e. The van der Waals surface area contributed by atoms with Gasteiger partial charge in [-0.25, -0.2) is 0 Å². The molecule has 0 radical (unpaired) electrons. The van der Waals surface area contributed by atoms with E-state index in [2.05, 4.69) is 30.6 Å². The maximum absolute atomic E-state index is 11.2. The zero-order chi connectivity index (χ0) is 16.5. The van der Waals surface area contributed by atoms with E-state index < -0.39 is 5.97 Å². The second kappa shape index (κ2) is 9.76. The van der Waals surface area contributed by atoms with E-state index in [1.165, 1.54) is 0 Å². The molecule has 0 aromatic carbocycles. The number of likely N-dealkylation sites (N-methyl/N-ethyl adjacent to an activating group) is 1. The highest BCUT2D eigenvalue weighted by Crippen LogP contribution is 2.14. The van der Waals surface area contributed by atoms with Crippen LogP contribution in [0.2, 0.25) is 0 Å². The van der Waals surface area contributed by atoms with Crippen molar-refractivity contribution in [3.05, 3.63) is 0 Å². The van der Waals surface area contributed by atoms with Crippen LogP contribution in [-0.4, -0.2) is 90.8 Å². The van der Waals surface area contributed by atoms with Crippen LogP contribution < -0.4 is 0 Å². The van der Waals surface area contributed by atoms with E-state index >= 15 is 0 Å². The van der Waals surface area contributed by atoms with Gasteiger partial charge in [0.1, 0.15) is 6.73 Å². The first-order valence-electron chi connectivity index (χ1n) is 7.93. The summed E-state index contributed by atoms with van der Waals surface area (Å²) in [4.78, 5) is 28.1. The van der Waals surface area contributed by atoms with Crippen LogP contribution in [0.4, 0.5) is 0 Å². The van der Waals surface area contributed by atoms with E-state index in [-0.39, 0.29) is 19.3 Å². The van der Waals surface area contributed by atoms with Gasteiger partial charge in [-0.05, 0) is 12.5 Å². The molecule has 1 N–H and O–H groups in total. The number of rotatable bonds is 7. The SMILES string of the molecule is CCN1CCN(COC=O)CC(C(C)C)N(CC(=O)O)CC1. The third kappa shape index (κ3) is 6.29. The Labute approximate surface area is 132 Å². The highest BCUT2D eigenvalue weighted by atomic mass is 16.5. The number of hydrogen-bond acceptors (Lipinski definition) is 6. The summed E-state index contributed by atoms with van der Waals surface area (Å²) in [6.45, 7) is 12.0. The Morgan fingerprint density at radius 3 is 2.45 bits per heavy atom. The Morgan fingerprint density at radius 2 is 1.91 bits per heavy atom. The van der Waals surface area contributed by atoms with Gasteiger partial charge >= 0.3 is 5.97 Å². The fraction of sp³-hybridized carbons (Fsp3) is 0.867. The summed E-state index contributed by atoms with van der Waals surface area (Å²) < 4.78 is 4.92. The Hall–Kier alpha value is -1.18. The molecule has 1 unspecified atom stereocenters. The number of aliphatic carboxylic acids is 1. The standard InChI is InChI=1S/C15H29N3O4/c1-4-16-5-6-17(11-22-12-19)9-14(13(2)3)18(8-7-16)10-15(20)21/h12-14H,4-11H2,1-3H3,(H,20,21). The quantitative estimate of drug-likeness (QED) is 0.671. The molecule has 1 aliphatic heterocycles. The topological polar surface area (TPSA) is 73.3 Å². The molecule has 7 heteroatoms. The van der Waals surface area contributed by atoms with Crippen molar-refractivity contribution in [1.82, 2.24) is 14.7 Å². The highest BCUT2D eigenvalue weighted by molar-refractivity contribution is 5.69. The highest BCUT2D eigenvalue weighted by Gasteiger charge is 2.28. The molecule has 1 rings (SSSR count). The number of carbonyl (C=O) groups is 2. The first-order valence-corrected chi connectivity index (χ1v) is 7.93. The van der Waals surface area contributed by atoms with Crippen molar-refractivity contribution in [3.63, 3.8) is 0 Å². The Kier molecular flexibility index (Phi) is 8.37. The van der Waals surface area contributed by atoms with Crippen LogP contribution in [0, 0.1) is 5.92 Å². The predicted octanol–water partition coefficient (Wildman–Crippen LogP) is 0.166. The van der Waals surface area contributed by atoms with E-state index in [4.69, 9.17) is 4.74 Å². The van der Waals surface area contributed by atoms with Crippen LogP contribution in [0.5, 0.6) is 0 Å². The van der Waals surface area contributed by atoms with Gasteiger partial charge in [0.25, 0.3) is 6.47 Å².